The van der Waals surface area contributed by atoms with Gasteiger partial charge in [0.1, 0.15) is 0 Å². The van der Waals surface area contributed by atoms with Crippen molar-refractivity contribution in [2.45, 2.75) is 11.8 Å². The maximum absolute atomic E-state index is 12.4. The Hall–Kier alpha value is -2.09. The summed E-state index contributed by atoms with van der Waals surface area (Å²) in [6.07, 6.45) is 0. The molecule has 0 aliphatic rings. The van der Waals surface area contributed by atoms with Crippen LogP contribution in [0.3, 0.4) is 0 Å². The summed E-state index contributed by atoms with van der Waals surface area (Å²) in [5, 5.41) is 2.80. The van der Waals surface area contributed by atoms with E-state index in [9.17, 15) is 13.2 Å². The van der Waals surface area contributed by atoms with Crippen molar-refractivity contribution in [2.24, 2.45) is 0 Å². The lowest BCUT2D eigenvalue weighted by atomic mass is 10.2. The van der Waals surface area contributed by atoms with E-state index < -0.39 is 10.0 Å². The predicted molar refractivity (Wildman–Crippen MR) is 97.6 cm³/mol. The van der Waals surface area contributed by atoms with Gasteiger partial charge in [0.2, 0.25) is 0 Å². The lowest BCUT2D eigenvalue weighted by molar-refractivity contribution is 0.0937. The van der Waals surface area contributed by atoms with E-state index in [1.165, 1.54) is 37.4 Å². The molecule has 2 aromatic rings. The quantitative estimate of drug-likeness (QED) is 0.721. The number of ether oxygens (including phenoxy) is 1. The summed E-state index contributed by atoms with van der Waals surface area (Å²) in [5.41, 5.74) is 1.50. The fourth-order valence-electron chi connectivity index (χ4n) is 2.03. The van der Waals surface area contributed by atoms with Crippen LogP contribution in [0.4, 0.5) is 5.69 Å². The Morgan fingerprint density at radius 2 is 1.84 bits per heavy atom. The highest BCUT2D eigenvalue weighted by Crippen LogP contribution is 2.26. The van der Waals surface area contributed by atoms with Crippen molar-refractivity contribution in [3.8, 4) is 0 Å². The number of aryl methyl sites for hydroxylation is 1. The van der Waals surface area contributed by atoms with Crippen molar-refractivity contribution >= 4 is 33.2 Å². The van der Waals surface area contributed by atoms with Crippen LogP contribution in [0.15, 0.2) is 47.4 Å². The molecule has 8 heteroatoms. The number of anilines is 1. The lowest BCUT2D eigenvalue weighted by Gasteiger charge is -2.11. The van der Waals surface area contributed by atoms with Crippen molar-refractivity contribution in [1.29, 1.82) is 0 Å². The van der Waals surface area contributed by atoms with Gasteiger partial charge in [0.25, 0.3) is 15.9 Å². The minimum absolute atomic E-state index is 0.134. The monoisotopic (exact) mass is 382 g/mol. The Morgan fingerprint density at radius 1 is 1.16 bits per heavy atom. The first-order valence-electron chi connectivity index (χ1n) is 7.49. The summed E-state index contributed by atoms with van der Waals surface area (Å²) in [7, 11) is -2.22. The minimum Gasteiger partial charge on any atom is -0.383 e. The fourth-order valence-corrected chi connectivity index (χ4v) is 3.39. The van der Waals surface area contributed by atoms with Gasteiger partial charge in [-0.25, -0.2) is 8.42 Å². The molecule has 2 aromatic carbocycles. The van der Waals surface area contributed by atoms with E-state index in [1.807, 2.05) is 6.92 Å². The smallest absolute Gasteiger partial charge is 0.261 e. The summed E-state index contributed by atoms with van der Waals surface area (Å²) in [6.45, 7) is 2.64. The number of rotatable bonds is 7. The Labute approximate surface area is 152 Å². The van der Waals surface area contributed by atoms with E-state index in [2.05, 4.69) is 10.0 Å². The number of nitrogens with one attached hydrogen (secondary N) is 2. The van der Waals surface area contributed by atoms with Crippen molar-refractivity contribution in [3.63, 3.8) is 0 Å². The van der Waals surface area contributed by atoms with Gasteiger partial charge >= 0.3 is 0 Å². The Bertz CT molecular complexity index is 851. The standard InChI is InChI=1S/C17H19ClN2O4S/c1-12-3-6-14(7-4-12)25(22,23)20-16-8-5-13(11-15(16)18)17(21)19-9-10-24-2/h3-8,11,20H,9-10H2,1-2H3,(H,19,21). The second-order valence-electron chi connectivity index (χ2n) is 5.36. The number of hydrogen-bond acceptors (Lipinski definition) is 4. The van der Waals surface area contributed by atoms with Crippen LogP contribution in [-0.4, -0.2) is 34.6 Å². The molecule has 0 fully saturated rings. The maximum atomic E-state index is 12.4. The zero-order valence-electron chi connectivity index (χ0n) is 13.9. The van der Waals surface area contributed by atoms with Gasteiger partial charge in [-0.15, -0.1) is 0 Å². The highest BCUT2D eigenvalue weighted by Gasteiger charge is 2.16. The van der Waals surface area contributed by atoms with Crippen molar-refractivity contribution in [1.82, 2.24) is 5.32 Å². The molecule has 0 aliphatic carbocycles. The zero-order valence-corrected chi connectivity index (χ0v) is 15.4. The number of halogens is 1. The van der Waals surface area contributed by atoms with Gasteiger partial charge in [0, 0.05) is 19.2 Å². The van der Waals surface area contributed by atoms with Crippen LogP contribution in [0.25, 0.3) is 0 Å². The van der Waals surface area contributed by atoms with Gasteiger partial charge in [-0.05, 0) is 37.3 Å². The summed E-state index contributed by atoms with van der Waals surface area (Å²) in [6, 6.07) is 10.8. The number of carbonyl (C=O) groups excluding carboxylic acids is 1. The number of methoxy groups -OCH3 is 1. The number of benzene rings is 2. The van der Waals surface area contributed by atoms with Crippen LogP contribution >= 0.6 is 11.6 Å². The molecule has 0 saturated heterocycles. The molecule has 1 amide bonds. The molecule has 0 atom stereocenters. The second kappa shape index (κ2) is 8.33. The van der Waals surface area contributed by atoms with E-state index in [-0.39, 0.29) is 21.5 Å². The van der Waals surface area contributed by atoms with Crippen LogP contribution in [0.2, 0.25) is 5.02 Å². The van der Waals surface area contributed by atoms with E-state index in [0.717, 1.165) is 5.56 Å². The SMILES string of the molecule is COCCNC(=O)c1ccc(NS(=O)(=O)c2ccc(C)cc2)c(Cl)c1. The number of hydrogen-bond donors (Lipinski definition) is 2. The van der Waals surface area contributed by atoms with Gasteiger partial charge in [-0.1, -0.05) is 29.3 Å². The summed E-state index contributed by atoms with van der Waals surface area (Å²) in [4.78, 5) is 12.1. The third kappa shape index (κ3) is 5.19. The molecule has 2 N–H and O–H groups in total. The predicted octanol–water partition coefficient (Wildman–Crippen LogP) is 2.83. The van der Waals surface area contributed by atoms with E-state index in [1.54, 1.807) is 12.1 Å². The van der Waals surface area contributed by atoms with Gasteiger partial charge in [0.05, 0.1) is 22.2 Å². The molecule has 0 aliphatic heterocycles. The average Bonchev–Trinajstić information content (AvgIpc) is 2.57. The van der Waals surface area contributed by atoms with Crippen LogP contribution in [0, 0.1) is 6.92 Å². The summed E-state index contributed by atoms with van der Waals surface area (Å²) in [5.74, 6) is -0.313. The van der Waals surface area contributed by atoms with Crippen molar-refractivity contribution in [3.05, 3.63) is 58.6 Å². The van der Waals surface area contributed by atoms with Crippen LogP contribution in [0.5, 0.6) is 0 Å². The van der Waals surface area contributed by atoms with Crippen LogP contribution in [-0.2, 0) is 14.8 Å². The van der Waals surface area contributed by atoms with Gasteiger partial charge in [0.15, 0.2) is 0 Å². The Kier molecular flexibility index (Phi) is 6.41. The topological polar surface area (TPSA) is 84.5 Å². The Balaban J connectivity index is 2.15. The van der Waals surface area contributed by atoms with Crippen molar-refractivity contribution < 1.29 is 17.9 Å². The number of carbonyl (C=O) groups is 1. The van der Waals surface area contributed by atoms with E-state index in [4.69, 9.17) is 16.3 Å². The molecular weight excluding hydrogens is 364 g/mol. The molecule has 134 valence electrons. The molecular formula is C17H19ClN2O4S. The largest absolute Gasteiger partial charge is 0.383 e. The maximum Gasteiger partial charge on any atom is 0.261 e. The van der Waals surface area contributed by atoms with E-state index >= 15 is 0 Å². The van der Waals surface area contributed by atoms with Gasteiger partial charge in [-0.2, -0.15) is 0 Å². The third-order valence-corrected chi connectivity index (χ3v) is 5.09. The molecule has 6 nitrogen and oxygen atoms in total. The molecule has 0 bridgehead atoms. The van der Waals surface area contributed by atoms with Gasteiger partial charge < -0.3 is 10.1 Å². The highest BCUT2D eigenvalue weighted by molar-refractivity contribution is 7.92. The third-order valence-electron chi connectivity index (χ3n) is 3.40. The number of amides is 1. The average molecular weight is 383 g/mol. The lowest BCUT2D eigenvalue weighted by Crippen LogP contribution is -2.26. The zero-order chi connectivity index (χ0) is 18.4. The summed E-state index contributed by atoms with van der Waals surface area (Å²) >= 11 is 6.12. The molecule has 0 radical (unpaired) electrons. The molecule has 25 heavy (non-hydrogen) atoms. The normalized spacial score (nSPS) is 11.2. The molecule has 0 unspecified atom stereocenters. The van der Waals surface area contributed by atoms with Crippen LogP contribution < -0.4 is 10.0 Å². The highest BCUT2D eigenvalue weighted by atomic mass is 35.5. The first-order chi connectivity index (χ1) is 11.8. The summed E-state index contributed by atoms with van der Waals surface area (Å²) < 4.78 is 32.1. The Morgan fingerprint density at radius 3 is 2.44 bits per heavy atom. The molecule has 0 saturated carbocycles. The number of sulfonamides is 1. The fraction of sp³-hybridized carbons (Fsp3) is 0.235. The minimum atomic E-state index is -3.75. The molecule has 0 aromatic heterocycles. The van der Waals surface area contributed by atoms with Crippen molar-refractivity contribution in [2.75, 3.05) is 25.0 Å². The second-order valence-corrected chi connectivity index (χ2v) is 7.45. The molecule has 0 heterocycles. The van der Waals surface area contributed by atoms with E-state index in [0.29, 0.717) is 18.7 Å². The van der Waals surface area contributed by atoms with Gasteiger partial charge in [-0.3, -0.25) is 9.52 Å². The molecule has 0 spiro atoms. The van der Waals surface area contributed by atoms with Crippen LogP contribution in [0.1, 0.15) is 15.9 Å². The first kappa shape index (κ1) is 19.2. The molecule has 2 rings (SSSR count). The first-order valence-corrected chi connectivity index (χ1v) is 9.36.